The van der Waals surface area contributed by atoms with Crippen LogP contribution < -0.4 is 9.88 Å². The molecule has 0 spiro atoms. The van der Waals surface area contributed by atoms with Gasteiger partial charge in [0.2, 0.25) is 10.0 Å². The summed E-state index contributed by atoms with van der Waals surface area (Å²) in [7, 11) is -3.80. The molecule has 0 bridgehead atoms. The van der Waals surface area contributed by atoms with Crippen LogP contribution >= 0.6 is 0 Å². The molecule has 1 aliphatic carbocycles. The van der Waals surface area contributed by atoms with Crippen LogP contribution in [-0.4, -0.2) is 19.1 Å². The number of nitrogens with zero attached hydrogens (tertiary/aromatic N) is 1. The van der Waals surface area contributed by atoms with Crippen LogP contribution in [0.1, 0.15) is 78.0 Å². The van der Waals surface area contributed by atoms with Crippen molar-refractivity contribution < 1.29 is 13.2 Å². The van der Waals surface area contributed by atoms with Crippen LogP contribution in [0.15, 0.2) is 29.2 Å². The zero-order chi connectivity index (χ0) is 23.0. The Morgan fingerprint density at radius 3 is 2.29 bits per heavy atom. The Morgan fingerprint density at radius 2 is 1.74 bits per heavy atom. The molecule has 1 fully saturated rings. The standard InChI is InChI=1S/C25H38N2O3S/c1-17(2)30-22-13-20(12-21(14-22)25(4,5)6)23-15-24(31(26,28)29)18(3)27(23)16-19-10-8-7-9-11-19/h12-15,17,19H,7-11,16H2,1-6H3,(H2,26,28,29). The number of primary sulfonamides is 1. The maximum atomic E-state index is 12.3. The average Bonchev–Trinajstić information content (AvgIpc) is 2.98. The second kappa shape index (κ2) is 8.99. The summed E-state index contributed by atoms with van der Waals surface area (Å²) in [6, 6.07) is 8.01. The lowest BCUT2D eigenvalue weighted by Crippen LogP contribution is -2.17. The highest BCUT2D eigenvalue weighted by Gasteiger charge is 2.25. The van der Waals surface area contributed by atoms with Crippen molar-refractivity contribution in [2.45, 2.75) is 96.6 Å². The summed E-state index contributed by atoms with van der Waals surface area (Å²) in [5.74, 6) is 1.36. The van der Waals surface area contributed by atoms with Gasteiger partial charge in [-0.3, -0.25) is 0 Å². The number of hydrogen-bond acceptors (Lipinski definition) is 3. The first-order chi connectivity index (χ1) is 14.4. The predicted octanol–water partition coefficient (Wildman–Crippen LogP) is 5.78. The summed E-state index contributed by atoms with van der Waals surface area (Å²) < 4.78 is 32.9. The van der Waals surface area contributed by atoms with Crippen LogP contribution in [-0.2, 0) is 22.0 Å². The molecule has 5 nitrogen and oxygen atoms in total. The minimum absolute atomic E-state index is 0.0545. The summed E-state index contributed by atoms with van der Waals surface area (Å²) in [5.41, 5.74) is 3.67. The maximum absolute atomic E-state index is 12.3. The van der Waals surface area contributed by atoms with Crippen molar-refractivity contribution in [3.63, 3.8) is 0 Å². The highest BCUT2D eigenvalue weighted by Crippen LogP contribution is 2.36. The molecule has 1 aromatic heterocycles. The van der Waals surface area contributed by atoms with Crippen molar-refractivity contribution >= 4 is 10.0 Å². The predicted molar refractivity (Wildman–Crippen MR) is 127 cm³/mol. The van der Waals surface area contributed by atoms with E-state index in [0.717, 1.165) is 34.8 Å². The van der Waals surface area contributed by atoms with Gasteiger partial charge in [0.1, 0.15) is 10.6 Å². The number of ether oxygens (including phenoxy) is 1. The van der Waals surface area contributed by atoms with E-state index in [0.29, 0.717) is 5.92 Å². The molecule has 0 unspecified atom stereocenters. The van der Waals surface area contributed by atoms with Gasteiger partial charge in [0, 0.05) is 23.5 Å². The molecule has 0 atom stereocenters. The first-order valence-electron chi connectivity index (χ1n) is 11.4. The SMILES string of the molecule is Cc1c(S(N)(=O)=O)cc(-c2cc(OC(C)C)cc(C(C)(C)C)c2)n1CC1CCCCC1. The van der Waals surface area contributed by atoms with Crippen molar-refractivity contribution in [2.24, 2.45) is 11.1 Å². The molecule has 172 valence electrons. The second-order valence-corrected chi connectivity index (χ2v) is 11.8. The third-order valence-electron chi connectivity index (χ3n) is 6.23. The largest absolute Gasteiger partial charge is 0.491 e. The van der Waals surface area contributed by atoms with Crippen LogP contribution in [0.3, 0.4) is 0 Å². The van der Waals surface area contributed by atoms with Crippen LogP contribution in [0, 0.1) is 12.8 Å². The van der Waals surface area contributed by atoms with E-state index >= 15 is 0 Å². The lowest BCUT2D eigenvalue weighted by atomic mass is 9.85. The van der Waals surface area contributed by atoms with Crippen LogP contribution in [0.5, 0.6) is 5.75 Å². The Balaban J connectivity index is 2.18. The number of benzene rings is 1. The normalized spacial score (nSPS) is 16.1. The fourth-order valence-electron chi connectivity index (χ4n) is 4.53. The lowest BCUT2D eigenvalue weighted by Gasteiger charge is -2.25. The van der Waals surface area contributed by atoms with Crippen LogP contribution in [0.2, 0.25) is 0 Å². The van der Waals surface area contributed by atoms with E-state index in [1.807, 2.05) is 26.8 Å². The fourth-order valence-corrected chi connectivity index (χ4v) is 5.33. The molecule has 0 aliphatic heterocycles. The minimum atomic E-state index is -3.80. The molecular formula is C25H38N2O3S. The molecule has 2 aromatic rings. The van der Waals surface area contributed by atoms with Gasteiger partial charge in [-0.2, -0.15) is 0 Å². The Labute approximate surface area is 188 Å². The van der Waals surface area contributed by atoms with Gasteiger partial charge < -0.3 is 9.30 Å². The fraction of sp³-hybridized carbons (Fsp3) is 0.600. The van der Waals surface area contributed by atoms with E-state index in [9.17, 15) is 8.42 Å². The number of rotatable bonds is 6. The highest BCUT2D eigenvalue weighted by molar-refractivity contribution is 7.89. The second-order valence-electron chi connectivity index (χ2n) is 10.3. The van der Waals surface area contributed by atoms with E-state index in [1.54, 1.807) is 6.07 Å². The molecule has 31 heavy (non-hydrogen) atoms. The van der Waals surface area contributed by atoms with Crippen molar-refractivity contribution in [3.05, 3.63) is 35.5 Å². The van der Waals surface area contributed by atoms with Crippen molar-refractivity contribution in [2.75, 3.05) is 0 Å². The van der Waals surface area contributed by atoms with Crippen molar-refractivity contribution in [1.29, 1.82) is 0 Å². The van der Waals surface area contributed by atoms with Crippen LogP contribution in [0.4, 0.5) is 0 Å². The van der Waals surface area contributed by atoms with Gasteiger partial charge in [0.05, 0.1) is 6.10 Å². The van der Waals surface area contributed by atoms with Gasteiger partial charge in [-0.15, -0.1) is 0 Å². The van der Waals surface area contributed by atoms with E-state index in [4.69, 9.17) is 9.88 Å². The molecule has 0 amide bonds. The van der Waals surface area contributed by atoms with E-state index in [-0.39, 0.29) is 16.4 Å². The molecule has 6 heteroatoms. The Morgan fingerprint density at radius 1 is 1.10 bits per heavy atom. The van der Waals surface area contributed by atoms with Crippen molar-refractivity contribution in [3.8, 4) is 17.0 Å². The molecule has 1 aliphatic rings. The first kappa shape index (κ1) is 23.9. The van der Waals surface area contributed by atoms with Gasteiger partial charge in [0.25, 0.3) is 0 Å². The summed E-state index contributed by atoms with van der Waals surface area (Å²) in [4.78, 5) is 0.214. The quantitative estimate of drug-likeness (QED) is 0.611. The van der Waals surface area contributed by atoms with E-state index in [2.05, 4.69) is 37.5 Å². The third-order valence-corrected chi connectivity index (χ3v) is 7.26. The summed E-state index contributed by atoms with van der Waals surface area (Å²) >= 11 is 0. The maximum Gasteiger partial charge on any atom is 0.239 e. The van der Waals surface area contributed by atoms with Crippen molar-refractivity contribution in [1.82, 2.24) is 4.57 Å². The molecule has 1 heterocycles. The molecule has 0 radical (unpaired) electrons. The summed E-state index contributed by atoms with van der Waals surface area (Å²) in [5, 5.41) is 5.58. The number of aromatic nitrogens is 1. The Kier molecular flexibility index (Phi) is 6.92. The number of hydrogen-bond donors (Lipinski definition) is 1. The number of nitrogens with two attached hydrogens (primary N) is 1. The first-order valence-corrected chi connectivity index (χ1v) is 13.0. The van der Waals surface area contributed by atoms with Crippen LogP contribution in [0.25, 0.3) is 11.3 Å². The molecule has 1 saturated carbocycles. The minimum Gasteiger partial charge on any atom is -0.491 e. The molecule has 0 saturated heterocycles. The van der Waals surface area contributed by atoms with Gasteiger partial charge >= 0.3 is 0 Å². The number of sulfonamides is 1. The molecule has 2 N–H and O–H groups in total. The average molecular weight is 447 g/mol. The lowest BCUT2D eigenvalue weighted by molar-refractivity contribution is 0.242. The summed E-state index contributed by atoms with van der Waals surface area (Å²) in [6.45, 7) is 13.2. The highest BCUT2D eigenvalue weighted by atomic mass is 32.2. The Hall–Kier alpha value is -1.79. The van der Waals surface area contributed by atoms with Gasteiger partial charge in [-0.25, -0.2) is 13.6 Å². The molecule has 3 rings (SSSR count). The molecular weight excluding hydrogens is 408 g/mol. The topological polar surface area (TPSA) is 74.3 Å². The van der Waals surface area contributed by atoms with E-state index < -0.39 is 10.0 Å². The molecule has 1 aromatic carbocycles. The summed E-state index contributed by atoms with van der Waals surface area (Å²) in [6.07, 6.45) is 6.21. The van der Waals surface area contributed by atoms with E-state index in [1.165, 1.54) is 32.1 Å². The third kappa shape index (κ3) is 5.72. The zero-order valence-electron chi connectivity index (χ0n) is 19.9. The van der Waals surface area contributed by atoms with Gasteiger partial charge in [-0.1, -0.05) is 40.0 Å². The Bertz CT molecular complexity index is 1020. The monoisotopic (exact) mass is 446 g/mol. The van der Waals surface area contributed by atoms with Gasteiger partial charge in [0.15, 0.2) is 0 Å². The smallest absolute Gasteiger partial charge is 0.239 e. The van der Waals surface area contributed by atoms with Gasteiger partial charge in [-0.05, 0) is 74.8 Å². The zero-order valence-corrected chi connectivity index (χ0v) is 20.7.